The quantitative estimate of drug-likeness (QED) is 0.727. The summed E-state index contributed by atoms with van der Waals surface area (Å²) in [4.78, 5) is 0. The second-order valence-corrected chi connectivity index (χ2v) is 5.30. The zero-order chi connectivity index (χ0) is 10.2. The van der Waals surface area contributed by atoms with E-state index in [0.717, 1.165) is 26.0 Å². The summed E-state index contributed by atoms with van der Waals surface area (Å²) in [7, 11) is 0. The van der Waals surface area contributed by atoms with Crippen molar-refractivity contribution in [2.45, 2.75) is 57.5 Å². The Morgan fingerprint density at radius 3 is 2.86 bits per heavy atom. The first-order valence-electron chi connectivity index (χ1n) is 5.57. The van der Waals surface area contributed by atoms with Crippen LogP contribution in [0.3, 0.4) is 0 Å². The molecule has 2 saturated heterocycles. The van der Waals surface area contributed by atoms with E-state index in [1.165, 1.54) is 0 Å². The van der Waals surface area contributed by atoms with E-state index in [2.05, 4.69) is 26.1 Å². The Morgan fingerprint density at radius 1 is 1.43 bits per heavy atom. The summed E-state index contributed by atoms with van der Waals surface area (Å²) in [6.45, 7) is 8.07. The number of rotatable bonds is 2. The normalized spacial score (nSPS) is 37.5. The van der Waals surface area contributed by atoms with Crippen LogP contribution in [0.1, 0.15) is 33.6 Å². The van der Waals surface area contributed by atoms with Gasteiger partial charge in [0.15, 0.2) is 0 Å². The van der Waals surface area contributed by atoms with Gasteiger partial charge in [0.1, 0.15) is 0 Å². The van der Waals surface area contributed by atoms with Crippen LogP contribution in [0, 0.1) is 0 Å². The van der Waals surface area contributed by atoms with Crippen molar-refractivity contribution in [3.05, 3.63) is 0 Å². The molecule has 2 aliphatic rings. The SMILES string of the molecule is CC(C)(C)OC[C@H]1O[C@H]2CCN[C@@H]1C2. The van der Waals surface area contributed by atoms with Crippen molar-refractivity contribution < 1.29 is 9.47 Å². The van der Waals surface area contributed by atoms with E-state index in [1.54, 1.807) is 0 Å². The molecule has 2 heterocycles. The van der Waals surface area contributed by atoms with Crippen LogP contribution in [0.5, 0.6) is 0 Å². The molecule has 0 spiro atoms. The van der Waals surface area contributed by atoms with Crippen LogP contribution in [0.25, 0.3) is 0 Å². The summed E-state index contributed by atoms with van der Waals surface area (Å²) >= 11 is 0. The minimum atomic E-state index is -0.0555. The largest absolute Gasteiger partial charge is 0.373 e. The number of ether oxygens (including phenoxy) is 2. The van der Waals surface area contributed by atoms with Crippen LogP contribution in [-0.4, -0.2) is 37.0 Å². The number of piperidine rings is 1. The van der Waals surface area contributed by atoms with Gasteiger partial charge in [0, 0.05) is 6.04 Å². The Kier molecular flexibility index (Phi) is 2.82. The number of nitrogens with one attached hydrogen (secondary N) is 1. The molecule has 3 atom stereocenters. The molecular formula is C11H21NO2. The van der Waals surface area contributed by atoms with Crippen molar-refractivity contribution in [2.24, 2.45) is 0 Å². The van der Waals surface area contributed by atoms with E-state index in [-0.39, 0.29) is 11.7 Å². The van der Waals surface area contributed by atoms with Gasteiger partial charge in [0.05, 0.1) is 24.4 Å². The van der Waals surface area contributed by atoms with Crippen LogP contribution in [0.2, 0.25) is 0 Å². The average molecular weight is 199 g/mol. The average Bonchev–Trinajstić information content (AvgIpc) is 2.37. The molecule has 0 unspecified atom stereocenters. The van der Waals surface area contributed by atoms with E-state index in [0.29, 0.717) is 12.1 Å². The maximum absolute atomic E-state index is 5.89. The Bertz CT molecular complexity index is 200. The van der Waals surface area contributed by atoms with Crippen molar-refractivity contribution in [1.29, 1.82) is 0 Å². The highest BCUT2D eigenvalue weighted by molar-refractivity contribution is 4.92. The van der Waals surface area contributed by atoms with E-state index in [4.69, 9.17) is 9.47 Å². The van der Waals surface area contributed by atoms with Crippen LogP contribution in [0.4, 0.5) is 0 Å². The number of hydrogen-bond donors (Lipinski definition) is 1. The van der Waals surface area contributed by atoms with Crippen molar-refractivity contribution in [2.75, 3.05) is 13.2 Å². The van der Waals surface area contributed by atoms with Gasteiger partial charge in [0.2, 0.25) is 0 Å². The second-order valence-electron chi connectivity index (χ2n) is 5.30. The van der Waals surface area contributed by atoms with Gasteiger partial charge in [-0.15, -0.1) is 0 Å². The Morgan fingerprint density at radius 2 is 2.21 bits per heavy atom. The van der Waals surface area contributed by atoms with Gasteiger partial charge < -0.3 is 14.8 Å². The Balaban J connectivity index is 1.82. The molecular weight excluding hydrogens is 178 g/mol. The van der Waals surface area contributed by atoms with Gasteiger partial charge in [-0.05, 0) is 40.2 Å². The molecule has 3 nitrogen and oxygen atoms in total. The Labute approximate surface area is 86.2 Å². The van der Waals surface area contributed by atoms with Crippen LogP contribution in [-0.2, 0) is 9.47 Å². The topological polar surface area (TPSA) is 30.5 Å². The fourth-order valence-electron chi connectivity index (χ4n) is 2.15. The Hall–Kier alpha value is -0.120. The molecule has 14 heavy (non-hydrogen) atoms. The minimum absolute atomic E-state index is 0.0555. The lowest BCUT2D eigenvalue weighted by atomic mass is 10.0. The molecule has 0 aromatic carbocycles. The molecule has 0 saturated carbocycles. The van der Waals surface area contributed by atoms with Crippen molar-refractivity contribution in [3.8, 4) is 0 Å². The van der Waals surface area contributed by atoms with Crippen molar-refractivity contribution in [1.82, 2.24) is 5.32 Å². The van der Waals surface area contributed by atoms with Crippen LogP contribution >= 0.6 is 0 Å². The zero-order valence-corrected chi connectivity index (χ0v) is 9.38. The summed E-state index contributed by atoms with van der Waals surface area (Å²) in [5.74, 6) is 0. The molecule has 2 bridgehead atoms. The molecule has 0 aromatic rings. The maximum Gasteiger partial charge on any atom is 0.0965 e. The van der Waals surface area contributed by atoms with E-state index < -0.39 is 0 Å². The predicted octanol–water partition coefficient (Wildman–Crippen LogP) is 1.32. The fraction of sp³-hybridized carbons (Fsp3) is 1.00. The maximum atomic E-state index is 5.89. The van der Waals surface area contributed by atoms with Crippen LogP contribution in [0.15, 0.2) is 0 Å². The standard InChI is InChI=1S/C11H21NO2/c1-11(2,3)13-7-10-9-6-8(14-10)4-5-12-9/h8-10,12H,4-7H2,1-3H3/t8-,9+,10+/m0/s1. The van der Waals surface area contributed by atoms with Crippen molar-refractivity contribution in [3.63, 3.8) is 0 Å². The summed E-state index contributed by atoms with van der Waals surface area (Å²) in [5, 5.41) is 3.49. The second kappa shape index (κ2) is 3.80. The summed E-state index contributed by atoms with van der Waals surface area (Å²) in [6.07, 6.45) is 3.07. The summed E-state index contributed by atoms with van der Waals surface area (Å²) < 4.78 is 11.6. The lowest BCUT2D eigenvalue weighted by molar-refractivity contribution is -0.0697. The molecule has 1 N–H and O–H groups in total. The van der Waals surface area contributed by atoms with Gasteiger partial charge in [-0.3, -0.25) is 0 Å². The third-order valence-corrected chi connectivity index (χ3v) is 2.89. The highest BCUT2D eigenvalue weighted by Crippen LogP contribution is 2.27. The summed E-state index contributed by atoms with van der Waals surface area (Å²) in [5.41, 5.74) is -0.0555. The highest BCUT2D eigenvalue weighted by atomic mass is 16.6. The minimum Gasteiger partial charge on any atom is -0.373 e. The monoisotopic (exact) mass is 199 g/mol. The van der Waals surface area contributed by atoms with Gasteiger partial charge >= 0.3 is 0 Å². The van der Waals surface area contributed by atoms with Gasteiger partial charge in [0.25, 0.3) is 0 Å². The predicted molar refractivity (Wildman–Crippen MR) is 55.4 cm³/mol. The third kappa shape index (κ3) is 2.47. The molecule has 3 heteroatoms. The van der Waals surface area contributed by atoms with E-state index in [1.807, 2.05) is 0 Å². The summed E-state index contributed by atoms with van der Waals surface area (Å²) in [6, 6.07) is 0.524. The molecule has 0 radical (unpaired) electrons. The van der Waals surface area contributed by atoms with Crippen molar-refractivity contribution >= 4 is 0 Å². The van der Waals surface area contributed by atoms with Crippen LogP contribution < -0.4 is 5.32 Å². The van der Waals surface area contributed by atoms with Gasteiger partial charge in [-0.1, -0.05) is 0 Å². The smallest absolute Gasteiger partial charge is 0.0965 e. The third-order valence-electron chi connectivity index (χ3n) is 2.89. The first-order valence-corrected chi connectivity index (χ1v) is 5.57. The van der Waals surface area contributed by atoms with Gasteiger partial charge in [-0.2, -0.15) is 0 Å². The van der Waals surface area contributed by atoms with E-state index >= 15 is 0 Å². The molecule has 0 amide bonds. The highest BCUT2D eigenvalue weighted by Gasteiger charge is 2.38. The molecule has 2 aliphatic heterocycles. The first-order chi connectivity index (χ1) is 6.54. The molecule has 2 rings (SSSR count). The first kappa shape index (κ1) is 10.4. The number of fused-ring (bicyclic) bond motifs is 2. The lowest BCUT2D eigenvalue weighted by Gasteiger charge is -2.25. The molecule has 2 fully saturated rings. The molecule has 0 aliphatic carbocycles. The lowest BCUT2D eigenvalue weighted by Crippen LogP contribution is -2.41. The zero-order valence-electron chi connectivity index (χ0n) is 9.38. The fourth-order valence-corrected chi connectivity index (χ4v) is 2.15. The molecule has 82 valence electrons. The number of hydrogen-bond acceptors (Lipinski definition) is 3. The molecule has 0 aromatic heterocycles. The van der Waals surface area contributed by atoms with E-state index in [9.17, 15) is 0 Å². The van der Waals surface area contributed by atoms with Gasteiger partial charge in [-0.25, -0.2) is 0 Å².